The molecule has 1 atom stereocenters. The van der Waals surface area contributed by atoms with Gasteiger partial charge in [-0.2, -0.15) is 0 Å². The minimum absolute atomic E-state index is 0.418. The summed E-state index contributed by atoms with van der Waals surface area (Å²) < 4.78 is 6.47. The molecule has 1 unspecified atom stereocenters. The number of nitrogens with zero attached hydrogens (tertiary/aromatic N) is 1. The lowest BCUT2D eigenvalue weighted by Crippen LogP contribution is -2.40. The Morgan fingerprint density at radius 3 is 2.47 bits per heavy atom. The van der Waals surface area contributed by atoms with Gasteiger partial charge in [-0.25, -0.2) is 0 Å². The van der Waals surface area contributed by atoms with E-state index in [4.69, 9.17) is 10.5 Å². The highest BCUT2D eigenvalue weighted by molar-refractivity contribution is 9.10. The maximum Gasteiger partial charge on any atom is 0.0594 e. The van der Waals surface area contributed by atoms with Crippen LogP contribution in [0, 0.1) is 0 Å². The van der Waals surface area contributed by atoms with Crippen molar-refractivity contribution >= 4 is 15.9 Å². The number of nitrogens with two attached hydrogens (primary N) is 1. The van der Waals surface area contributed by atoms with Crippen molar-refractivity contribution in [2.45, 2.75) is 5.92 Å². The number of ether oxygens (including phenoxy) is 1. The van der Waals surface area contributed by atoms with E-state index in [1.54, 1.807) is 0 Å². The van der Waals surface area contributed by atoms with Crippen LogP contribution >= 0.6 is 15.9 Å². The van der Waals surface area contributed by atoms with Crippen molar-refractivity contribution in [3.8, 4) is 0 Å². The van der Waals surface area contributed by atoms with Crippen LogP contribution in [0.5, 0.6) is 0 Å². The summed E-state index contributed by atoms with van der Waals surface area (Å²) in [5.41, 5.74) is 7.21. The van der Waals surface area contributed by atoms with E-state index in [2.05, 4.69) is 45.1 Å². The Bertz CT molecular complexity index is 336. The van der Waals surface area contributed by atoms with Crippen LogP contribution in [0.3, 0.4) is 0 Å². The van der Waals surface area contributed by atoms with Crippen LogP contribution in [-0.4, -0.2) is 44.3 Å². The van der Waals surface area contributed by atoms with Gasteiger partial charge in [-0.05, 0) is 17.7 Å². The zero-order valence-corrected chi connectivity index (χ0v) is 11.5. The van der Waals surface area contributed by atoms with Gasteiger partial charge in [0.15, 0.2) is 0 Å². The molecule has 4 heteroatoms. The van der Waals surface area contributed by atoms with Crippen LogP contribution in [-0.2, 0) is 4.74 Å². The van der Waals surface area contributed by atoms with Gasteiger partial charge < -0.3 is 10.5 Å². The molecule has 3 nitrogen and oxygen atoms in total. The van der Waals surface area contributed by atoms with Crippen molar-refractivity contribution in [1.29, 1.82) is 0 Å². The molecule has 0 saturated carbocycles. The maximum atomic E-state index is 5.89. The van der Waals surface area contributed by atoms with Gasteiger partial charge in [-0.1, -0.05) is 28.1 Å². The molecule has 1 heterocycles. The van der Waals surface area contributed by atoms with Crippen LogP contribution in [0.1, 0.15) is 11.5 Å². The van der Waals surface area contributed by atoms with Crippen molar-refractivity contribution < 1.29 is 4.74 Å². The number of benzene rings is 1. The third kappa shape index (κ3) is 3.78. The van der Waals surface area contributed by atoms with Gasteiger partial charge >= 0.3 is 0 Å². The third-order valence-corrected chi connectivity index (χ3v) is 3.74. The highest BCUT2D eigenvalue weighted by atomic mass is 79.9. The van der Waals surface area contributed by atoms with Gasteiger partial charge in [0.25, 0.3) is 0 Å². The van der Waals surface area contributed by atoms with E-state index in [-0.39, 0.29) is 0 Å². The Labute approximate surface area is 111 Å². The SMILES string of the molecule is NCC(CN1CCOCC1)c1ccc(Br)cc1. The Balaban J connectivity index is 1.97. The predicted molar refractivity (Wildman–Crippen MR) is 73.2 cm³/mol. The second-order valence-corrected chi connectivity index (χ2v) is 5.31. The Kier molecular flexibility index (Phi) is 4.98. The number of rotatable bonds is 4. The molecule has 1 aromatic rings. The fourth-order valence-corrected chi connectivity index (χ4v) is 2.41. The normalized spacial score (nSPS) is 19.2. The molecule has 1 aromatic carbocycles. The van der Waals surface area contributed by atoms with Crippen LogP contribution in [0.15, 0.2) is 28.7 Å². The van der Waals surface area contributed by atoms with E-state index in [0.29, 0.717) is 12.5 Å². The summed E-state index contributed by atoms with van der Waals surface area (Å²) in [4.78, 5) is 2.43. The summed E-state index contributed by atoms with van der Waals surface area (Å²) >= 11 is 3.46. The van der Waals surface area contributed by atoms with Crippen molar-refractivity contribution in [2.24, 2.45) is 5.73 Å². The average molecular weight is 299 g/mol. The number of hydrogen-bond acceptors (Lipinski definition) is 3. The molecule has 94 valence electrons. The molecule has 0 bridgehead atoms. The molecule has 17 heavy (non-hydrogen) atoms. The molecule has 0 radical (unpaired) electrons. The molecule has 0 amide bonds. The summed E-state index contributed by atoms with van der Waals surface area (Å²) in [5, 5.41) is 0. The fraction of sp³-hybridized carbons (Fsp3) is 0.538. The lowest BCUT2D eigenvalue weighted by atomic mass is 9.98. The predicted octanol–water partition coefficient (Wildman–Crippen LogP) is 1.82. The van der Waals surface area contributed by atoms with Gasteiger partial charge in [0.2, 0.25) is 0 Å². The minimum Gasteiger partial charge on any atom is -0.379 e. The van der Waals surface area contributed by atoms with Gasteiger partial charge in [0, 0.05) is 36.6 Å². The average Bonchev–Trinajstić information content (AvgIpc) is 2.38. The first kappa shape index (κ1) is 13.0. The zero-order valence-electron chi connectivity index (χ0n) is 9.94. The highest BCUT2D eigenvalue weighted by Gasteiger charge is 2.17. The molecule has 1 fully saturated rings. The number of halogens is 1. The summed E-state index contributed by atoms with van der Waals surface area (Å²) in [6.07, 6.45) is 0. The molecule has 1 aliphatic heterocycles. The van der Waals surface area contributed by atoms with Gasteiger partial charge in [0.1, 0.15) is 0 Å². The minimum atomic E-state index is 0.418. The first-order valence-electron chi connectivity index (χ1n) is 6.05. The first-order chi connectivity index (χ1) is 8.29. The fourth-order valence-electron chi connectivity index (χ4n) is 2.15. The molecular weight excluding hydrogens is 280 g/mol. The highest BCUT2D eigenvalue weighted by Crippen LogP contribution is 2.19. The first-order valence-corrected chi connectivity index (χ1v) is 6.84. The van der Waals surface area contributed by atoms with Crippen LogP contribution < -0.4 is 5.73 Å². The Hall–Kier alpha value is -0.420. The van der Waals surface area contributed by atoms with Crippen LogP contribution in [0.4, 0.5) is 0 Å². The molecule has 2 rings (SSSR count). The summed E-state index contributed by atoms with van der Waals surface area (Å²) in [7, 11) is 0. The quantitative estimate of drug-likeness (QED) is 0.922. The molecule has 0 aliphatic carbocycles. The zero-order chi connectivity index (χ0) is 12.1. The summed E-state index contributed by atoms with van der Waals surface area (Å²) in [6.45, 7) is 5.45. The maximum absolute atomic E-state index is 5.89. The molecule has 1 aliphatic rings. The lowest BCUT2D eigenvalue weighted by Gasteiger charge is -2.30. The smallest absolute Gasteiger partial charge is 0.0594 e. The molecule has 2 N–H and O–H groups in total. The van der Waals surface area contributed by atoms with E-state index < -0.39 is 0 Å². The van der Waals surface area contributed by atoms with Crippen LogP contribution in [0.2, 0.25) is 0 Å². The summed E-state index contributed by atoms with van der Waals surface area (Å²) in [6, 6.07) is 8.47. The molecular formula is C13H19BrN2O. The van der Waals surface area contributed by atoms with Crippen molar-refractivity contribution in [3.05, 3.63) is 34.3 Å². The van der Waals surface area contributed by atoms with E-state index in [9.17, 15) is 0 Å². The molecule has 1 saturated heterocycles. The van der Waals surface area contributed by atoms with Gasteiger partial charge in [-0.15, -0.1) is 0 Å². The van der Waals surface area contributed by atoms with Crippen molar-refractivity contribution in [2.75, 3.05) is 39.4 Å². The largest absolute Gasteiger partial charge is 0.379 e. The van der Waals surface area contributed by atoms with Gasteiger partial charge in [0.05, 0.1) is 13.2 Å². The van der Waals surface area contributed by atoms with Crippen LogP contribution in [0.25, 0.3) is 0 Å². The second-order valence-electron chi connectivity index (χ2n) is 4.40. The van der Waals surface area contributed by atoms with Gasteiger partial charge in [-0.3, -0.25) is 4.90 Å². The number of hydrogen-bond donors (Lipinski definition) is 1. The monoisotopic (exact) mass is 298 g/mol. The molecule has 0 spiro atoms. The second kappa shape index (κ2) is 6.50. The lowest BCUT2D eigenvalue weighted by molar-refractivity contribution is 0.0353. The van der Waals surface area contributed by atoms with E-state index in [1.165, 1.54) is 5.56 Å². The topological polar surface area (TPSA) is 38.5 Å². The standard InChI is InChI=1S/C13H19BrN2O/c14-13-3-1-11(2-4-13)12(9-15)10-16-5-7-17-8-6-16/h1-4,12H,5-10,15H2. The van der Waals surface area contributed by atoms with E-state index in [0.717, 1.165) is 37.3 Å². The van der Waals surface area contributed by atoms with E-state index in [1.807, 2.05) is 0 Å². The van der Waals surface area contributed by atoms with Crippen molar-refractivity contribution in [1.82, 2.24) is 4.90 Å². The van der Waals surface area contributed by atoms with E-state index >= 15 is 0 Å². The Morgan fingerprint density at radius 2 is 1.88 bits per heavy atom. The molecule has 0 aromatic heterocycles. The summed E-state index contributed by atoms with van der Waals surface area (Å²) in [5.74, 6) is 0.418. The van der Waals surface area contributed by atoms with Crippen molar-refractivity contribution in [3.63, 3.8) is 0 Å². The third-order valence-electron chi connectivity index (χ3n) is 3.21. The Morgan fingerprint density at radius 1 is 1.24 bits per heavy atom. The number of morpholine rings is 1.